The van der Waals surface area contributed by atoms with Crippen LogP contribution in [0.3, 0.4) is 0 Å². The number of aliphatic hydroxyl groups is 2. The second kappa shape index (κ2) is 17.1. The fourth-order valence-electron chi connectivity index (χ4n) is 6.17. The van der Waals surface area contributed by atoms with Crippen LogP contribution < -0.4 is 0 Å². The Morgan fingerprint density at radius 3 is 2.56 bits per heavy atom. The third kappa shape index (κ3) is 10.9. The Labute approximate surface area is 270 Å². The van der Waals surface area contributed by atoms with Crippen molar-refractivity contribution in [3.8, 4) is 0 Å². The maximum Gasteiger partial charge on any atom is 0.410 e. The zero-order chi connectivity index (χ0) is 33.3. The first kappa shape index (κ1) is 37.2. The van der Waals surface area contributed by atoms with E-state index in [1.165, 1.54) is 0 Å². The van der Waals surface area contributed by atoms with E-state index >= 15 is 0 Å². The molecular formula is C35H58N2O8. The molecule has 0 aromatic rings. The van der Waals surface area contributed by atoms with Gasteiger partial charge in [-0.2, -0.15) is 0 Å². The Balaban J connectivity index is 1.74. The van der Waals surface area contributed by atoms with Gasteiger partial charge in [-0.25, -0.2) is 4.79 Å². The van der Waals surface area contributed by atoms with Crippen molar-refractivity contribution in [1.82, 2.24) is 9.80 Å². The quantitative estimate of drug-likeness (QED) is 0.155. The average Bonchev–Trinajstić information content (AvgIpc) is 3.77. The summed E-state index contributed by atoms with van der Waals surface area (Å²) < 4.78 is 23.7. The van der Waals surface area contributed by atoms with E-state index in [1.807, 2.05) is 66.0 Å². The van der Waals surface area contributed by atoms with E-state index in [0.29, 0.717) is 19.5 Å². The number of carbonyl (C=O) groups is 2. The van der Waals surface area contributed by atoms with Crippen LogP contribution in [-0.2, 0) is 23.7 Å². The molecule has 0 aromatic carbocycles. The van der Waals surface area contributed by atoms with Crippen LogP contribution in [0.15, 0.2) is 36.0 Å². The number of epoxide rings is 1. The summed E-state index contributed by atoms with van der Waals surface area (Å²) in [4.78, 5) is 30.0. The molecular weight excluding hydrogens is 576 g/mol. The highest BCUT2D eigenvalue weighted by Crippen LogP contribution is 2.36. The van der Waals surface area contributed by atoms with Crippen molar-refractivity contribution in [2.45, 2.75) is 116 Å². The molecule has 3 aliphatic rings. The Bertz CT molecular complexity index is 1050. The maximum absolute atomic E-state index is 13.2. The number of aliphatic hydroxyl groups excluding tert-OH is 2. The second-order valence-electron chi connectivity index (χ2n) is 13.6. The lowest BCUT2D eigenvalue weighted by Crippen LogP contribution is -2.50. The van der Waals surface area contributed by atoms with Crippen molar-refractivity contribution in [3.63, 3.8) is 0 Å². The minimum Gasteiger partial charge on any atom is -0.457 e. The number of allylic oxidation sites excluding steroid dienone is 3. The number of likely N-dealkylation sites (N-methyl/N-ethyl adjacent to an activating group) is 1. The second-order valence-corrected chi connectivity index (χ2v) is 13.6. The molecule has 2 saturated heterocycles. The van der Waals surface area contributed by atoms with E-state index in [-0.39, 0.29) is 48.9 Å². The van der Waals surface area contributed by atoms with Crippen molar-refractivity contribution in [1.29, 1.82) is 0 Å². The first-order chi connectivity index (χ1) is 21.3. The molecule has 3 rings (SSSR count). The molecule has 256 valence electrons. The first-order valence-corrected chi connectivity index (χ1v) is 16.7. The summed E-state index contributed by atoms with van der Waals surface area (Å²) in [6, 6.07) is 0. The summed E-state index contributed by atoms with van der Waals surface area (Å²) in [6.07, 6.45) is 9.28. The van der Waals surface area contributed by atoms with Gasteiger partial charge in [-0.15, -0.1) is 0 Å². The Kier molecular flexibility index (Phi) is 14.1. The van der Waals surface area contributed by atoms with Gasteiger partial charge in [-0.05, 0) is 64.1 Å². The number of nitrogens with zero attached hydrogens (tertiary/aromatic N) is 2. The molecule has 0 saturated carbocycles. The lowest BCUT2D eigenvalue weighted by atomic mass is 9.88. The number of ether oxygens (including phenoxy) is 4. The van der Waals surface area contributed by atoms with Crippen molar-refractivity contribution >= 4 is 12.1 Å². The van der Waals surface area contributed by atoms with E-state index < -0.39 is 36.0 Å². The summed E-state index contributed by atoms with van der Waals surface area (Å²) in [5.74, 6) is -0.316. The van der Waals surface area contributed by atoms with Gasteiger partial charge in [-0.3, -0.25) is 4.79 Å². The molecule has 10 heteroatoms. The lowest BCUT2D eigenvalue weighted by molar-refractivity contribution is -0.151. The zero-order valence-electron chi connectivity index (χ0n) is 28.7. The number of hydrogen-bond donors (Lipinski definition) is 2. The number of cyclic esters (lactones) is 1. The highest BCUT2D eigenvalue weighted by Gasteiger charge is 2.45. The van der Waals surface area contributed by atoms with Crippen molar-refractivity contribution in [2.75, 3.05) is 40.3 Å². The number of hydrogen-bond acceptors (Lipinski definition) is 9. The third-order valence-corrected chi connectivity index (χ3v) is 9.78. The standard InChI is InChI=1S/C35H58N2O8/c1-9-28(39)26(5)33-29(43-33)21-23(2)11-10-12-24(3)32-25(4)13-14-30(44-34(41)37-19-17-36(7)18-20-37)35(6,42-8)16-15-27(38)22-31(40)45-32/h10-14,23,25-30,32-33,38-39H,9,15-22H2,1-8H3/b11-10+,14-13-,24-12+/t23-,25-,26+,27-,28+,29+,30-,32+,33+,35-/m0/s1. The first-order valence-electron chi connectivity index (χ1n) is 16.7. The van der Waals surface area contributed by atoms with E-state index in [4.69, 9.17) is 18.9 Å². The molecule has 3 heterocycles. The number of methoxy groups -OCH3 is 1. The third-order valence-electron chi connectivity index (χ3n) is 9.78. The summed E-state index contributed by atoms with van der Waals surface area (Å²) in [5.41, 5.74) is -0.0467. The molecule has 0 aromatic heterocycles. The molecule has 3 aliphatic heterocycles. The van der Waals surface area contributed by atoms with Crippen LogP contribution in [0.4, 0.5) is 4.79 Å². The van der Waals surface area contributed by atoms with Gasteiger partial charge in [0.05, 0.1) is 30.8 Å². The monoisotopic (exact) mass is 634 g/mol. The van der Waals surface area contributed by atoms with Crippen LogP contribution in [0.25, 0.3) is 0 Å². The van der Waals surface area contributed by atoms with E-state index in [2.05, 4.69) is 17.9 Å². The van der Waals surface area contributed by atoms with Gasteiger partial charge in [-0.1, -0.05) is 52.0 Å². The van der Waals surface area contributed by atoms with Gasteiger partial charge in [0.25, 0.3) is 0 Å². The molecule has 45 heavy (non-hydrogen) atoms. The minimum atomic E-state index is -0.917. The number of carbonyl (C=O) groups excluding carboxylic acids is 2. The van der Waals surface area contributed by atoms with Crippen molar-refractivity contribution in [3.05, 3.63) is 36.0 Å². The normalized spacial score (nSPS) is 35.1. The largest absolute Gasteiger partial charge is 0.457 e. The van der Waals surface area contributed by atoms with Crippen LogP contribution >= 0.6 is 0 Å². The van der Waals surface area contributed by atoms with Crippen molar-refractivity contribution in [2.24, 2.45) is 17.8 Å². The van der Waals surface area contributed by atoms with Gasteiger partial charge >= 0.3 is 12.1 Å². The summed E-state index contributed by atoms with van der Waals surface area (Å²) in [5, 5.41) is 20.8. The van der Waals surface area contributed by atoms with E-state index in [9.17, 15) is 19.8 Å². The summed E-state index contributed by atoms with van der Waals surface area (Å²) in [7, 11) is 3.61. The predicted molar refractivity (Wildman–Crippen MR) is 174 cm³/mol. The molecule has 0 bridgehead atoms. The predicted octanol–water partition coefficient (Wildman–Crippen LogP) is 4.50. The fraction of sp³-hybridized carbons (Fsp3) is 0.771. The Morgan fingerprint density at radius 1 is 1.22 bits per heavy atom. The highest BCUT2D eigenvalue weighted by molar-refractivity contribution is 5.70. The van der Waals surface area contributed by atoms with Crippen LogP contribution in [0.2, 0.25) is 0 Å². The SMILES string of the molecule is CC[C@@H](O)[C@@H](C)[C@H]1O[C@@H]1C[C@@H](C)/C=C/C=C(\C)[C@H]1OC(=O)C[C@@H](O)CC[C@](C)(OC)[C@@H](OC(=O)N2CCN(C)CC2)/C=C\[C@@H]1C. The molecule has 2 fully saturated rings. The molecule has 10 nitrogen and oxygen atoms in total. The number of piperazine rings is 1. The molecule has 0 aliphatic carbocycles. The van der Waals surface area contributed by atoms with Gasteiger partial charge in [0.1, 0.15) is 11.7 Å². The molecule has 1 amide bonds. The van der Waals surface area contributed by atoms with Gasteiger partial charge in [0.2, 0.25) is 0 Å². The van der Waals surface area contributed by atoms with Crippen LogP contribution in [0.5, 0.6) is 0 Å². The zero-order valence-corrected chi connectivity index (χ0v) is 28.7. The molecule has 2 N–H and O–H groups in total. The molecule has 0 unspecified atom stereocenters. The lowest BCUT2D eigenvalue weighted by Gasteiger charge is -2.38. The van der Waals surface area contributed by atoms with Gasteiger partial charge in [0.15, 0.2) is 6.10 Å². The summed E-state index contributed by atoms with van der Waals surface area (Å²) in [6.45, 7) is 14.7. The number of rotatable bonds is 10. The fourth-order valence-corrected chi connectivity index (χ4v) is 6.17. The summed E-state index contributed by atoms with van der Waals surface area (Å²) >= 11 is 0. The number of amides is 1. The van der Waals surface area contributed by atoms with Gasteiger partial charge in [0, 0.05) is 45.1 Å². The molecule has 0 spiro atoms. The smallest absolute Gasteiger partial charge is 0.410 e. The number of esters is 1. The molecule has 10 atom stereocenters. The average molecular weight is 635 g/mol. The Morgan fingerprint density at radius 2 is 1.91 bits per heavy atom. The van der Waals surface area contributed by atoms with Crippen molar-refractivity contribution < 1.29 is 38.7 Å². The maximum atomic E-state index is 13.2. The van der Waals surface area contributed by atoms with E-state index in [0.717, 1.165) is 31.5 Å². The van der Waals surface area contributed by atoms with Crippen LogP contribution in [0.1, 0.15) is 73.6 Å². The van der Waals surface area contributed by atoms with Crippen LogP contribution in [-0.4, -0.2) is 115 Å². The van der Waals surface area contributed by atoms with E-state index in [1.54, 1.807) is 12.0 Å². The highest BCUT2D eigenvalue weighted by atomic mass is 16.6. The van der Waals surface area contributed by atoms with Crippen LogP contribution in [0, 0.1) is 17.8 Å². The minimum absolute atomic E-state index is 0.108. The molecule has 0 radical (unpaired) electrons. The topological polar surface area (TPSA) is 121 Å². The Hall–Kier alpha value is -2.24. The van der Waals surface area contributed by atoms with Gasteiger partial charge < -0.3 is 39.0 Å².